The highest BCUT2D eigenvalue weighted by Gasteiger charge is 2.43. The lowest BCUT2D eigenvalue weighted by molar-refractivity contribution is -0.194. The second kappa shape index (κ2) is 7.94. The first-order valence-corrected chi connectivity index (χ1v) is 7.72. The lowest BCUT2D eigenvalue weighted by atomic mass is 10.1. The van der Waals surface area contributed by atoms with Crippen LogP contribution in [-0.4, -0.2) is 41.1 Å². The summed E-state index contributed by atoms with van der Waals surface area (Å²) in [4.78, 5) is 25.2. The van der Waals surface area contributed by atoms with E-state index in [1.165, 1.54) is 6.20 Å². The van der Waals surface area contributed by atoms with E-state index in [2.05, 4.69) is 5.32 Å². The van der Waals surface area contributed by atoms with Crippen LogP contribution in [0.15, 0.2) is 42.1 Å². The summed E-state index contributed by atoms with van der Waals surface area (Å²) in [6.45, 7) is 3.60. The van der Waals surface area contributed by atoms with Gasteiger partial charge >= 0.3 is 5.97 Å². The van der Waals surface area contributed by atoms with Crippen molar-refractivity contribution in [2.75, 3.05) is 13.3 Å². The molecule has 0 radical (unpaired) electrons. The van der Waals surface area contributed by atoms with Crippen molar-refractivity contribution >= 4 is 11.9 Å². The Bertz CT molecular complexity index is 617. The fourth-order valence-electron chi connectivity index (χ4n) is 2.30. The summed E-state index contributed by atoms with van der Waals surface area (Å²) in [6.07, 6.45) is 0.986. The largest absolute Gasteiger partial charge is 0.466 e. The van der Waals surface area contributed by atoms with E-state index in [1.54, 1.807) is 13.8 Å². The normalized spacial score (nSPS) is 20.4. The number of carbonyl (C=O) groups excluding carboxylic acids is 2. The Balaban J connectivity index is 2.05. The average Bonchev–Trinajstić information content (AvgIpc) is 2.56. The molecular weight excluding hydrogens is 312 g/mol. The number of amides is 1. The van der Waals surface area contributed by atoms with E-state index < -0.39 is 24.1 Å². The summed E-state index contributed by atoms with van der Waals surface area (Å²) >= 11 is 0. The van der Waals surface area contributed by atoms with Crippen molar-refractivity contribution in [3.63, 3.8) is 0 Å². The van der Waals surface area contributed by atoms with E-state index in [0.29, 0.717) is 5.57 Å². The van der Waals surface area contributed by atoms with E-state index in [4.69, 9.17) is 9.47 Å². The van der Waals surface area contributed by atoms with E-state index in [-0.39, 0.29) is 19.9 Å². The van der Waals surface area contributed by atoms with Gasteiger partial charge in [0.1, 0.15) is 13.2 Å². The number of nitrogens with zero attached hydrogens (tertiary/aromatic N) is 1. The second-order valence-corrected chi connectivity index (χ2v) is 5.47. The molecule has 130 valence electrons. The highest BCUT2D eigenvalue weighted by molar-refractivity contribution is 5.94. The molecule has 1 atom stereocenters. The van der Waals surface area contributed by atoms with E-state index in [0.717, 1.165) is 10.5 Å². The molecule has 1 unspecified atom stereocenters. The Labute approximate surface area is 140 Å². The molecule has 0 aromatic heterocycles. The predicted octanol–water partition coefficient (Wildman–Crippen LogP) is 1.10. The van der Waals surface area contributed by atoms with Crippen LogP contribution in [0.25, 0.3) is 0 Å². The Morgan fingerprint density at radius 2 is 2.04 bits per heavy atom. The number of nitrogens with one attached hydrogen (secondary N) is 1. The Morgan fingerprint density at radius 3 is 2.71 bits per heavy atom. The van der Waals surface area contributed by atoms with Crippen LogP contribution in [0.5, 0.6) is 0 Å². The molecule has 7 nitrogen and oxygen atoms in total. The molecule has 1 heterocycles. The van der Waals surface area contributed by atoms with Gasteiger partial charge in [0.15, 0.2) is 0 Å². The van der Waals surface area contributed by atoms with Crippen LogP contribution >= 0.6 is 0 Å². The number of benzene rings is 1. The minimum absolute atomic E-state index is 0.165. The lowest BCUT2D eigenvalue weighted by Gasteiger charge is -2.41. The predicted molar refractivity (Wildman–Crippen MR) is 86.0 cm³/mol. The number of ether oxygens (including phenoxy) is 2. The van der Waals surface area contributed by atoms with Crippen molar-refractivity contribution in [1.29, 1.82) is 0 Å². The molecule has 0 saturated heterocycles. The molecule has 0 spiro atoms. The van der Waals surface area contributed by atoms with Crippen LogP contribution in [0.3, 0.4) is 0 Å². The van der Waals surface area contributed by atoms with Crippen molar-refractivity contribution < 1.29 is 24.2 Å². The van der Waals surface area contributed by atoms with Crippen LogP contribution in [0.1, 0.15) is 25.8 Å². The summed E-state index contributed by atoms with van der Waals surface area (Å²) in [7, 11) is 0. The number of aliphatic hydroxyl groups is 1. The van der Waals surface area contributed by atoms with Crippen molar-refractivity contribution in [2.24, 2.45) is 0 Å². The molecule has 0 saturated carbocycles. The topological polar surface area (TPSA) is 88.1 Å². The molecule has 24 heavy (non-hydrogen) atoms. The van der Waals surface area contributed by atoms with Gasteiger partial charge in [-0.05, 0) is 19.4 Å². The standard InChI is InChI=1S/C17H22N2O5/c1-3-24-15(20)9-17(22)18-10-13(2)16(21)19(17)12-23-11-14-7-5-4-6-8-14/h4-8,10,18,22H,3,9,11-12H2,1-2H3. The summed E-state index contributed by atoms with van der Waals surface area (Å²) < 4.78 is 10.4. The van der Waals surface area contributed by atoms with Crippen LogP contribution in [0.2, 0.25) is 0 Å². The van der Waals surface area contributed by atoms with Crippen LogP contribution < -0.4 is 5.32 Å². The van der Waals surface area contributed by atoms with Crippen molar-refractivity contribution in [1.82, 2.24) is 10.2 Å². The van der Waals surface area contributed by atoms with Gasteiger partial charge in [-0.1, -0.05) is 30.3 Å². The molecule has 0 aliphatic carbocycles. The number of hydrogen-bond donors (Lipinski definition) is 2. The van der Waals surface area contributed by atoms with Gasteiger partial charge in [0, 0.05) is 11.8 Å². The smallest absolute Gasteiger partial charge is 0.312 e. The highest BCUT2D eigenvalue weighted by Crippen LogP contribution is 2.22. The van der Waals surface area contributed by atoms with Gasteiger partial charge in [-0.15, -0.1) is 0 Å². The maximum atomic E-state index is 12.3. The number of esters is 1. The van der Waals surface area contributed by atoms with Crippen LogP contribution in [0, 0.1) is 0 Å². The van der Waals surface area contributed by atoms with Crippen molar-refractivity contribution in [3.05, 3.63) is 47.7 Å². The zero-order valence-corrected chi connectivity index (χ0v) is 13.8. The Kier molecular flexibility index (Phi) is 5.94. The van der Waals surface area contributed by atoms with Gasteiger partial charge in [0.25, 0.3) is 5.91 Å². The molecule has 2 N–H and O–H groups in total. The fourth-order valence-corrected chi connectivity index (χ4v) is 2.30. The third-order valence-corrected chi connectivity index (χ3v) is 3.58. The lowest BCUT2D eigenvalue weighted by Crippen LogP contribution is -2.63. The molecular formula is C17H22N2O5. The third-order valence-electron chi connectivity index (χ3n) is 3.58. The first-order valence-electron chi connectivity index (χ1n) is 7.72. The molecule has 0 fully saturated rings. The summed E-state index contributed by atoms with van der Waals surface area (Å²) in [5, 5.41) is 13.4. The van der Waals surface area contributed by atoms with Crippen LogP contribution in [0.4, 0.5) is 0 Å². The fraction of sp³-hybridized carbons (Fsp3) is 0.412. The summed E-state index contributed by atoms with van der Waals surface area (Å²) in [6, 6.07) is 9.46. The maximum Gasteiger partial charge on any atom is 0.312 e. The minimum Gasteiger partial charge on any atom is -0.466 e. The van der Waals surface area contributed by atoms with Gasteiger partial charge in [-0.3, -0.25) is 14.5 Å². The zero-order valence-electron chi connectivity index (χ0n) is 13.8. The maximum absolute atomic E-state index is 12.3. The molecule has 7 heteroatoms. The van der Waals surface area contributed by atoms with Gasteiger partial charge < -0.3 is 19.9 Å². The van der Waals surface area contributed by atoms with E-state index in [9.17, 15) is 14.7 Å². The molecule has 1 amide bonds. The van der Waals surface area contributed by atoms with Gasteiger partial charge in [-0.2, -0.15) is 0 Å². The molecule has 1 aliphatic heterocycles. The summed E-state index contributed by atoms with van der Waals surface area (Å²) in [5.41, 5.74) is 1.35. The van der Waals surface area contributed by atoms with Gasteiger partial charge in [0.05, 0.1) is 13.2 Å². The SMILES string of the molecule is CCOC(=O)CC1(O)NC=C(C)C(=O)N1COCc1ccccc1. The molecule has 1 aliphatic rings. The highest BCUT2D eigenvalue weighted by atomic mass is 16.5. The molecule has 1 aromatic carbocycles. The monoisotopic (exact) mass is 334 g/mol. The van der Waals surface area contributed by atoms with E-state index in [1.807, 2.05) is 30.3 Å². The quantitative estimate of drug-likeness (QED) is 0.726. The Hall–Kier alpha value is -2.38. The molecule has 2 rings (SSSR count). The minimum atomic E-state index is -1.88. The number of rotatable bonds is 7. The van der Waals surface area contributed by atoms with Crippen molar-refractivity contribution in [2.45, 2.75) is 32.7 Å². The van der Waals surface area contributed by atoms with Crippen molar-refractivity contribution in [3.8, 4) is 0 Å². The number of carbonyl (C=O) groups is 2. The second-order valence-electron chi connectivity index (χ2n) is 5.47. The average molecular weight is 334 g/mol. The first kappa shape index (κ1) is 18.0. The number of hydrogen-bond acceptors (Lipinski definition) is 6. The molecule has 0 bridgehead atoms. The first-order chi connectivity index (χ1) is 11.5. The molecule has 1 aromatic rings. The van der Waals surface area contributed by atoms with Crippen LogP contribution in [-0.2, 0) is 25.7 Å². The van der Waals surface area contributed by atoms with Gasteiger partial charge in [0.2, 0.25) is 5.85 Å². The third kappa shape index (κ3) is 4.33. The zero-order chi connectivity index (χ0) is 17.6. The summed E-state index contributed by atoms with van der Waals surface area (Å²) in [5.74, 6) is -2.89. The Morgan fingerprint density at radius 1 is 1.33 bits per heavy atom. The van der Waals surface area contributed by atoms with Gasteiger partial charge in [-0.25, -0.2) is 0 Å². The van der Waals surface area contributed by atoms with E-state index >= 15 is 0 Å².